The molecule has 5 nitrogen and oxygen atoms in total. The maximum Gasteiger partial charge on any atom is 0.226 e. The fourth-order valence-electron chi connectivity index (χ4n) is 2.44. The molecule has 1 amide bonds. The standard InChI is InChI=1S/C22H24ClNO4/c1-4-13-27-20-10-5-17(14-21(20)26-3)11-12-24-22(25)16(2)15-28-19-8-6-18(23)7-9-19/h1,5-10,14,16H,11-13,15H2,2-3H3,(H,24,25). The van der Waals surface area contributed by atoms with Crippen molar-refractivity contribution in [1.29, 1.82) is 0 Å². The third-order valence-corrected chi connectivity index (χ3v) is 4.27. The number of halogens is 1. The Morgan fingerprint density at radius 2 is 1.93 bits per heavy atom. The van der Waals surface area contributed by atoms with E-state index in [2.05, 4.69) is 11.2 Å². The van der Waals surface area contributed by atoms with E-state index in [0.29, 0.717) is 41.8 Å². The van der Waals surface area contributed by atoms with E-state index in [1.807, 2.05) is 25.1 Å². The van der Waals surface area contributed by atoms with Crippen molar-refractivity contribution < 1.29 is 19.0 Å². The number of methoxy groups -OCH3 is 1. The summed E-state index contributed by atoms with van der Waals surface area (Å²) in [6, 6.07) is 12.7. The number of terminal acetylenes is 1. The van der Waals surface area contributed by atoms with Gasteiger partial charge in [-0.3, -0.25) is 4.79 Å². The minimum absolute atomic E-state index is 0.0603. The fraction of sp³-hybridized carbons (Fsp3) is 0.318. The van der Waals surface area contributed by atoms with Gasteiger partial charge < -0.3 is 19.5 Å². The minimum Gasteiger partial charge on any atom is -0.493 e. The van der Waals surface area contributed by atoms with Crippen molar-refractivity contribution >= 4 is 17.5 Å². The minimum atomic E-state index is -0.273. The van der Waals surface area contributed by atoms with Crippen molar-refractivity contribution in [1.82, 2.24) is 5.32 Å². The van der Waals surface area contributed by atoms with Crippen LogP contribution in [0.25, 0.3) is 0 Å². The first-order valence-corrected chi connectivity index (χ1v) is 9.30. The Morgan fingerprint density at radius 1 is 1.18 bits per heavy atom. The van der Waals surface area contributed by atoms with Crippen molar-refractivity contribution in [3.63, 3.8) is 0 Å². The zero-order valence-corrected chi connectivity index (χ0v) is 16.8. The van der Waals surface area contributed by atoms with Crippen molar-refractivity contribution in [3.8, 4) is 29.6 Å². The molecule has 2 aromatic carbocycles. The highest BCUT2D eigenvalue weighted by Crippen LogP contribution is 2.28. The van der Waals surface area contributed by atoms with Crippen LogP contribution in [-0.4, -0.2) is 32.8 Å². The first-order chi connectivity index (χ1) is 13.5. The van der Waals surface area contributed by atoms with Crippen molar-refractivity contribution in [3.05, 3.63) is 53.1 Å². The van der Waals surface area contributed by atoms with Gasteiger partial charge in [-0.1, -0.05) is 30.5 Å². The molecule has 0 heterocycles. The van der Waals surface area contributed by atoms with E-state index in [1.165, 1.54) is 0 Å². The molecule has 1 N–H and O–H groups in total. The lowest BCUT2D eigenvalue weighted by Crippen LogP contribution is -2.33. The zero-order valence-electron chi connectivity index (χ0n) is 16.0. The molecular formula is C22H24ClNO4. The molecule has 0 aliphatic carbocycles. The monoisotopic (exact) mass is 401 g/mol. The van der Waals surface area contributed by atoms with Gasteiger partial charge in [0.05, 0.1) is 19.6 Å². The first kappa shape index (κ1) is 21.5. The largest absolute Gasteiger partial charge is 0.493 e. The van der Waals surface area contributed by atoms with Crippen LogP contribution in [0.2, 0.25) is 5.02 Å². The van der Waals surface area contributed by atoms with Crippen LogP contribution >= 0.6 is 11.6 Å². The Bertz CT molecular complexity index is 814. The molecule has 148 valence electrons. The van der Waals surface area contributed by atoms with Crippen LogP contribution < -0.4 is 19.5 Å². The molecule has 2 aromatic rings. The van der Waals surface area contributed by atoms with Crippen molar-refractivity contribution in [2.24, 2.45) is 5.92 Å². The van der Waals surface area contributed by atoms with E-state index < -0.39 is 0 Å². The number of amides is 1. The number of rotatable bonds is 10. The second-order valence-electron chi connectivity index (χ2n) is 6.19. The summed E-state index contributed by atoms with van der Waals surface area (Å²) in [5, 5.41) is 3.57. The number of carbonyl (C=O) groups is 1. The van der Waals surface area contributed by atoms with Crippen LogP contribution in [-0.2, 0) is 11.2 Å². The summed E-state index contributed by atoms with van der Waals surface area (Å²) in [6.45, 7) is 2.81. The Balaban J connectivity index is 1.77. The van der Waals surface area contributed by atoms with E-state index >= 15 is 0 Å². The third kappa shape index (κ3) is 6.71. The lowest BCUT2D eigenvalue weighted by Gasteiger charge is -2.14. The van der Waals surface area contributed by atoms with Gasteiger partial charge in [-0.25, -0.2) is 0 Å². The van der Waals surface area contributed by atoms with E-state index in [9.17, 15) is 4.79 Å². The van der Waals surface area contributed by atoms with Crippen LogP contribution in [0.15, 0.2) is 42.5 Å². The van der Waals surface area contributed by atoms with E-state index in [4.69, 9.17) is 32.2 Å². The van der Waals surface area contributed by atoms with Gasteiger partial charge in [-0.05, 0) is 48.4 Å². The van der Waals surface area contributed by atoms with Gasteiger partial charge in [0, 0.05) is 11.6 Å². The number of benzene rings is 2. The Morgan fingerprint density at radius 3 is 2.61 bits per heavy atom. The number of carbonyl (C=O) groups excluding carboxylic acids is 1. The van der Waals surface area contributed by atoms with Gasteiger partial charge in [-0.2, -0.15) is 0 Å². The SMILES string of the molecule is C#CCOc1ccc(CCNC(=O)C(C)COc2ccc(Cl)cc2)cc1OC. The number of nitrogens with one attached hydrogen (secondary N) is 1. The van der Waals surface area contributed by atoms with Crippen LogP contribution in [0, 0.1) is 18.3 Å². The highest BCUT2D eigenvalue weighted by Gasteiger charge is 2.13. The smallest absolute Gasteiger partial charge is 0.226 e. The van der Waals surface area contributed by atoms with Gasteiger partial charge in [-0.15, -0.1) is 6.42 Å². The summed E-state index contributed by atoms with van der Waals surface area (Å²) in [5.41, 5.74) is 1.02. The lowest BCUT2D eigenvalue weighted by atomic mass is 10.1. The quantitative estimate of drug-likeness (QED) is 0.616. The number of hydrogen-bond acceptors (Lipinski definition) is 4. The van der Waals surface area contributed by atoms with Crippen LogP contribution in [0.5, 0.6) is 17.2 Å². The molecule has 2 rings (SSSR count). The Hall–Kier alpha value is -2.84. The summed E-state index contributed by atoms with van der Waals surface area (Å²) in [7, 11) is 1.58. The second kappa shape index (κ2) is 11.1. The molecule has 0 saturated carbocycles. The molecule has 1 unspecified atom stereocenters. The predicted molar refractivity (Wildman–Crippen MR) is 110 cm³/mol. The molecule has 0 spiro atoms. The maximum atomic E-state index is 12.2. The molecule has 6 heteroatoms. The van der Waals surface area contributed by atoms with Gasteiger partial charge in [0.15, 0.2) is 11.5 Å². The Labute approximate surface area is 170 Å². The fourth-order valence-corrected chi connectivity index (χ4v) is 2.56. The topological polar surface area (TPSA) is 56.8 Å². The third-order valence-electron chi connectivity index (χ3n) is 4.01. The number of hydrogen-bond donors (Lipinski definition) is 1. The summed E-state index contributed by atoms with van der Waals surface area (Å²) in [4.78, 5) is 12.2. The average molecular weight is 402 g/mol. The van der Waals surface area contributed by atoms with E-state index in [-0.39, 0.29) is 18.4 Å². The van der Waals surface area contributed by atoms with Gasteiger partial charge in [0.1, 0.15) is 12.4 Å². The molecule has 0 saturated heterocycles. The molecule has 0 bridgehead atoms. The summed E-state index contributed by atoms with van der Waals surface area (Å²) < 4.78 is 16.4. The van der Waals surface area contributed by atoms with Crippen molar-refractivity contribution in [2.45, 2.75) is 13.3 Å². The molecule has 0 aliphatic rings. The molecule has 0 aliphatic heterocycles. The van der Waals surface area contributed by atoms with Crippen LogP contribution in [0.1, 0.15) is 12.5 Å². The van der Waals surface area contributed by atoms with Gasteiger partial charge >= 0.3 is 0 Å². The normalized spacial score (nSPS) is 11.2. The molecule has 28 heavy (non-hydrogen) atoms. The molecule has 0 fully saturated rings. The van der Waals surface area contributed by atoms with Crippen LogP contribution in [0.4, 0.5) is 0 Å². The highest BCUT2D eigenvalue weighted by molar-refractivity contribution is 6.30. The van der Waals surface area contributed by atoms with Gasteiger partial charge in [0.2, 0.25) is 5.91 Å². The zero-order chi connectivity index (χ0) is 20.4. The van der Waals surface area contributed by atoms with Crippen molar-refractivity contribution in [2.75, 3.05) is 26.9 Å². The number of ether oxygens (including phenoxy) is 3. The van der Waals surface area contributed by atoms with Crippen LogP contribution in [0.3, 0.4) is 0 Å². The maximum absolute atomic E-state index is 12.2. The molecule has 0 aromatic heterocycles. The Kier molecular flexibility index (Phi) is 8.51. The molecular weight excluding hydrogens is 378 g/mol. The first-order valence-electron chi connectivity index (χ1n) is 8.92. The summed E-state index contributed by atoms with van der Waals surface area (Å²) in [5.74, 6) is 3.98. The van der Waals surface area contributed by atoms with Gasteiger partial charge in [0.25, 0.3) is 0 Å². The average Bonchev–Trinajstić information content (AvgIpc) is 2.71. The molecule has 0 radical (unpaired) electrons. The highest BCUT2D eigenvalue weighted by atomic mass is 35.5. The summed E-state index contributed by atoms with van der Waals surface area (Å²) >= 11 is 5.84. The second-order valence-corrected chi connectivity index (χ2v) is 6.62. The summed E-state index contributed by atoms with van der Waals surface area (Å²) in [6.07, 6.45) is 5.88. The van der Waals surface area contributed by atoms with E-state index in [0.717, 1.165) is 5.56 Å². The lowest BCUT2D eigenvalue weighted by molar-refractivity contribution is -0.125. The predicted octanol–water partition coefficient (Wildman–Crippen LogP) is 3.73. The molecule has 1 atom stereocenters. The van der Waals surface area contributed by atoms with E-state index in [1.54, 1.807) is 31.4 Å².